The molecular weight excluding hydrogens is 130 g/mol. The molecular formula is C3H6NOS2-. The predicted octanol–water partition coefficient (Wildman–Crippen LogP) is 0.529. The molecule has 0 spiro atoms. The smallest absolute Gasteiger partial charge is 0.0406 e. The summed E-state index contributed by atoms with van der Waals surface area (Å²) in [5.41, 5.74) is 0. The number of hydrogen-bond donors (Lipinski definition) is 1. The topological polar surface area (TPSA) is 23.5 Å². The molecule has 0 saturated heterocycles. The highest BCUT2D eigenvalue weighted by atomic mass is 32.1. The molecule has 4 heteroatoms. The van der Waals surface area contributed by atoms with Crippen molar-refractivity contribution in [3.63, 3.8) is 0 Å². The van der Waals surface area contributed by atoms with Crippen LogP contribution in [0.15, 0.2) is 0 Å². The molecule has 0 heterocycles. The maximum atomic E-state index is 8.52. The van der Waals surface area contributed by atoms with Crippen molar-refractivity contribution in [2.45, 2.75) is 6.92 Å². The first-order valence-electron chi connectivity index (χ1n) is 1.86. The van der Waals surface area contributed by atoms with Crippen LogP contribution < -0.4 is 0 Å². The molecule has 42 valence electrons. The molecule has 0 aromatic rings. The number of hydrogen-bond acceptors (Lipinski definition) is 3. The van der Waals surface area contributed by atoms with Gasteiger partial charge in [0.15, 0.2) is 0 Å². The second-order valence-corrected chi connectivity index (χ2v) is 2.01. The number of thiocarbonyl (C=S) groups is 1. The molecule has 0 saturated carbocycles. The van der Waals surface area contributed by atoms with Crippen molar-refractivity contribution in [3.05, 3.63) is 0 Å². The van der Waals surface area contributed by atoms with Crippen LogP contribution >= 0.6 is 12.2 Å². The molecule has 0 aliphatic rings. The Balaban J connectivity index is 3.34. The molecule has 0 atom stereocenters. The predicted molar refractivity (Wildman–Crippen MR) is 34.1 cm³/mol. The summed E-state index contributed by atoms with van der Waals surface area (Å²) in [7, 11) is 0. The molecule has 0 rings (SSSR count). The van der Waals surface area contributed by atoms with E-state index in [0.29, 0.717) is 6.54 Å². The summed E-state index contributed by atoms with van der Waals surface area (Å²) in [5, 5.41) is 9.36. The van der Waals surface area contributed by atoms with Gasteiger partial charge in [-0.15, -0.1) is 0 Å². The summed E-state index contributed by atoms with van der Waals surface area (Å²) in [5.74, 6) is 0. The Kier molecular flexibility index (Phi) is 3.15. The first-order chi connectivity index (χ1) is 3.18. The lowest BCUT2D eigenvalue weighted by Crippen LogP contribution is -2.22. The van der Waals surface area contributed by atoms with Crippen molar-refractivity contribution in [2.24, 2.45) is 0 Å². The average Bonchev–Trinajstić information content (AvgIpc) is 1.65. The quantitative estimate of drug-likeness (QED) is 0.323. The Bertz CT molecular complexity index is 75.3. The fraction of sp³-hybridized carbons (Fsp3) is 0.667. The highest BCUT2D eigenvalue weighted by Gasteiger charge is 1.83. The fourth-order valence-corrected chi connectivity index (χ4v) is 0.387. The van der Waals surface area contributed by atoms with Crippen molar-refractivity contribution < 1.29 is 5.21 Å². The van der Waals surface area contributed by atoms with Crippen molar-refractivity contribution in [3.8, 4) is 0 Å². The lowest BCUT2D eigenvalue weighted by atomic mass is 10.8. The van der Waals surface area contributed by atoms with E-state index in [1.165, 1.54) is 0 Å². The van der Waals surface area contributed by atoms with E-state index in [1.54, 1.807) is 6.92 Å². The first kappa shape index (κ1) is 7.07. The summed E-state index contributed by atoms with van der Waals surface area (Å²) < 4.78 is 0.0995. The third kappa shape index (κ3) is 2.73. The molecule has 1 N–H and O–H groups in total. The summed E-state index contributed by atoms with van der Waals surface area (Å²) in [4.78, 5) is 0. The van der Waals surface area contributed by atoms with Gasteiger partial charge in [0.2, 0.25) is 0 Å². The van der Waals surface area contributed by atoms with Crippen LogP contribution in [0.2, 0.25) is 0 Å². The molecule has 2 nitrogen and oxygen atoms in total. The Morgan fingerprint density at radius 2 is 2.43 bits per heavy atom. The van der Waals surface area contributed by atoms with Crippen LogP contribution in [0.25, 0.3) is 0 Å². The van der Waals surface area contributed by atoms with Crippen molar-refractivity contribution in [2.75, 3.05) is 6.54 Å². The summed E-state index contributed by atoms with van der Waals surface area (Å²) in [6, 6.07) is 0. The van der Waals surface area contributed by atoms with Crippen LogP contribution in [0.5, 0.6) is 0 Å². The van der Waals surface area contributed by atoms with Gasteiger partial charge in [-0.3, -0.25) is 10.3 Å². The Labute approximate surface area is 53.5 Å². The minimum atomic E-state index is 0.0995. The Morgan fingerprint density at radius 1 is 2.00 bits per heavy atom. The lowest BCUT2D eigenvalue weighted by molar-refractivity contribution is -0.00234. The zero-order valence-electron chi connectivity index (χ0n) is 3.92. The molecule has 0 radical (unpaired) electrons. The summed E-state index contributed by atoms with van der Waals surface area (Å²) in [6.07, 6.45) is 0. The van der Waals surface area contributed by atoms with Gasteiger partial charge in [0.05, 0.1) is 0 Å². The van der Waals surface area contributed by atoms with Crippen LogP contribution in [0.4, 0.5) is 0 Å². The van der Waals surface area contributed by atoms with Crippen molar-refractivity contribution in [1.29, 1.82) is 0 Å². The zero-order valence-corrected chi connectivity index (χ0v) is 5.55. The molecule has 0 bridgehead atoms. The van der Waals surface area contributed by atoms with E-state index in [0.717, 1.165) is 5.06 Å². The fourth-order valence-electron chi connectivity index (χ4n) is 0.129. The van der Waals surface area contributed by atoms with E-state index in [4.69, 9.17) is 5.21 Å². The monoisotopic (exact) mass is 136 g/mol. The van der Waals surface area contributed by atoms with Crippen LogP contribution in [0.3, 0.4) is 0 Å². The molecule has 0 fully saturated rings. The Morgan fingerprint density at radius 3 is 2.43 bits per heavy atom. The number of hydroxylamine groups is 2. The van der Waals surface area contributed by atoms with Crippen LogP contribution in [-0.4, -0.2) is 21.1 Å². The third-order valence-corrected chi connectivity index (χ3v) is 0.932. The minimum absolute atomic E-state index is 0.0995. The molecule has 0 aliphatic heterocycles. The highest BCUT2D eigenvalue weighted by Crippen LogP contribution is 1.80. The third-order valence-electron chi connectivity index (χ3n) is 0.510. The van der Waals surface area contributed by atoms with Gasteiger partial charge < -0.3 is 24.8 Å². The largest absolute Gasteiger partial charge is 0.409 e. The van der Waals surface area contributed by atoms with Gasteiger partial charge in [-0.05, 0) is 11.2 Å². The van der Waals surface area contributed by atoms with Crippen LogP contribution in [-0.2, 0) is 12.6 Å². The molecule has 0 aromatic carbocycles. The van der Waals surface area contributed by atoms with Gasteiger partial charge in [-0.25, -0.2) is 0 Å². The second-order valence-electron chi connectivity index (χ2n) is 0.982. The second kappa shape index (κ2) is 3.12. The van der Waals surface area contributed by atoms with E-state index in [1.807, 2.05) is 0 Å². The average molecular weight is 136 g/mol. The SMILES string of the molecule is CCN(O)C(=S)[S-]. The van der Waals surface area contributed by atoms with E-state index in [9.17, 15) is 0 Å². The lowest BCUT2D eigenvalue weighted by Gasteiger charge is -2.17. The molecule has 0 aliphatic carbocycles. The first-order valence-corrected chi connectivity index (χ1v) is 2.67. The van der Waals surface area contributed by atoms with Gasteiger partial charge in [-0.1, -0.05) is 0 Å². The summed E-state index contributed by atoms with van der Waals surface area (Å²) >= 11 is 8.82. The van der Waals surface area contributed by atoms with Gasteiger partial charge in [-0.2, -0.15) is 0 Å². The van der Waals surface area contributed by atoms with E-state index < -0.39 is 0 Å². The van der Waals surface area contributed by atoms with E-state index in [2.05, 4.69) is 24.8 Å². The van der Waals surface area contributed by atoms with Gasteiger partial charge in [0.25, 0.3) is 0 Å². The molecule has 0 amide bonds. The van der Waals surface area contributed by atoms with E-state index >= 15 is 0 Å². The molecule has 0 unspecified atom stereocenters. The maximum Gasteiger partial charge on any atom is 0.0406 e. The van der Waals surface area contributed by atoms with Crippen molar-refractivity contribution >= 4 is 29.2 Å². The molecule has 7 heavy (non-hydrogen) atoms. The highest BCUT2D eigenvalue weighted by molar-refractivity contribution is 8.00. The standard InChI is InChI=1S/C3H7NOS2/c1-2-4(5)3(6)7/h5H,2H2,1H3,(H,6,7)/p-1. The summed E-state index contributed by atoms with van der Waals surface area (Å²) in [6.45, 7) is 2.22. The Hall–Kier alpha value is 0.0700. The van der Waals surface area contributed by atoms with Crippen LogP contribution in [0, 0.1) is 0 Å². The van der Waals surface area contributed by atoms with E-state index in [-0.39, 0.29) is 4.32 Å². The van der Waals surface area contributed by atoms with Gasteiger partial charge in [0.1, 0.15) is 0 Å². The normalized spacial score (nSPS) is 8.29. The molecule has 0 aromatic heterocycles. The zero-order chi connectivity index (χ0) is 5.86. The number of nitrogens with zero attached hydrogens (tertiary/aromatic N) is 1. The van der Waals surface area contributed by atoms with Gasteiger partial charge in [0, 0.05) is 6.54 Å². The number of rotatable bonds is 1. The van der Waals surface area contributed by atoms with Crippen LogP contribution in [0.1, 0.15) is 6.92 Å². The minimum Gasteiger partial charge on any atom is -0.409 e. The van der Waals surface area contributed by atoms with Gasteiger partial charge >= 0.3 is 0 Å². The maximum absolute atomic E-state index is 8.52. The van der Waals surface area contributed by atoms with Crippen molar-refractivity contribution in [1.82, 2.24) is 5.06 Å².